The molecule has 1 amide bonds. The maximum Gasteiger partial charge on any atom is 0.223 e. The standard InChI is InChI=1S/C20H23NO/c22-20(19-15-18(19)17-12-5-2-6-13-17)21-14-8-7-11-16-9-3-1-4-10-16/h1-6,9-10,12-13,18-19H,7-8,11,14-15H2,(H,21,22)/t18-,19+/m1/s1. The normalized spacial score (nSPS) is 19.6. The van der Waals surface area contributed by atoms with Crippen LogP contribution in [0, 0.1) is 5.92 Å². The first-order valence-corrected chi connectivity index (χ1v) is 8.21. The van der Waals surface area contributed by atoms with Gasteiger partial charge in [0.05, 0.1) is 0 Å². The SMILES string of the molecule is O=C(NCCCCc1ccccc1)[C@H]1C[C@@H]1c1ccccc1. The van der Waals surface area contributed by atoms with E-state index in [1.54, 1.807) is 0 Å². The summed E-state index contributed by atoms with van der Waals surface area (Å²) in [4.78, 5) is 12.1. The Morgan fingerprint density at radius 3 is 2.36 bits per heavy atom. The lowest BCUT2D eigenvalue weighted by Crippen LogP contribution is -2.26. The summed E-state index contributed by atoms with van der Waals surface area (Å²) >= 11 is 0. The summed E-state index contributed by atoms with van der Waals surface area (Å²) in [6, 6.07) is 20.9. The van der Waals surface area contributed by atoms with E-state index >= 15 is 0 Å². The van der Waals surface area contributed by atoms with Crippen LogP contribution in [0.5, 0.6) is 0 Å². The minimum absolute atomic E-state index is 0.191. The molecule has 2 nitrogen and oxygen atoms in total. The first-order chi connectivity index (χ1) is 10.8. The van der Waals surface area contributed by atoms with E-state index in [9.17, 15) is 4.79 Å². The highest BCUT2D eigenvalue weighted by Gasteiger charge is 2.43. The molecule has 0 unspecified atom stereocenters. The first-order valence-electron chi connectivity index (χ1n) is 8.21. The highest BCUT2D eigenvalue weighted by Crippen LogP contribution is 2.47. The quantitative estimate of drug-likeness (QED) is 0.770. The summed E-state index contributed by atoms with van der Waals surface area (Å²) in [5.41, 5.74) is 2.67. The van der Waals surface area contributed by atoms with Crippen molar-refractivity contribution in [2.45, 2.75) is 31.6 Å². The Kier molecular flexibility index (Phi) is 4.89. The van der Waals surface area contributed by atoms with E-state index in [4.69, 9.17) is 0 Å². The van der Waals surface area contributed by atoms with Crippen molar-refractivity contribution in [3.05, 3.63) is 71.8 Å². The zero-order valence-electron chi connectivity index (χ0n) is 12.9. The summed E-state index contributed by atoms with van der Waals surface area (Å²) in [6.07, 6.45) is 4.26. The molecule has 0 aliphatic heterocycles. The van der Waals surface area contributed by atoms with Crippen LogP contribution in [0.15, 0.2) is 60.7 Å². The van der Waals surface area contributed by atoms with Gasteiger partial charge in [0, 0.05) is 12.5 Å². The molecule has 0 saturated heterocycles. The van der Waals surface area contributed by atoms with Gasteiger partial charge in [-0.05, 0) is 42.7 Å². The van der Waals surface area contributed by atoms with Crippen LogP contribution in [0.2, 0.25) is 0 Å². The van der Waals surface area contributed by atoms with Crippen LogP contribution >= 0.6 is 0 Å². The van der Waals surface area contributed by atoms with Gasteiger partial charge in [-0.15, -0.1) is 0 Å². The smallest absolute Gasteiger partial charge is 0.223 e. The second kappa shape index (κ2) is 7.26. The number of nitrogens with one attached hydrogen (secondary N) is 1. The van der Waals surface area contributed by atoms with Crippen molar-refractivity contribution in [3.63, 3.8) is 0 Å². The largest absolute Gasteiger partial charge is 0.356 e. The van der Waals surface area contributed by atoms with Gasteiger partial charge in [-0.25, -0.2) is 0 Å². The zero-order chi connectivity index (χ0) is 15.2. The van der Waals surface area contributed by atoms with E-state index in [0.29, 0.717) is 5.92 Å². The molecule has 22 heavy (non-hydrogen) atoms. The number of benzene rings is 2. The maximum absolute atomic E-state index is 12.1. The van der Waals surface area contributed by atoms with Crippen LogP contribution in [0.1, 0.15) is 36.3 Å². The molecule has 1 fully saturated rings. The summed E-state index contributed by atoms with van der Waals surface area (Å²) in [5, 5.41) is 3.09. The third-order valence-corrected chi connectivity index (χ3v) is 4.39. The number of hydrogen-bond acceptors (Lipinski definition) is 1. The number of aryl methyl sites for hydroxylation is 1. The maximum atomic E-state index is 12.1. The second-order valence-corrected chi connectivity index (χ2v) is 6.09. The highest BCUT2D eigenvalue weighted by molar-refractivity contribution is 5.82. The van der Waals surface area contributed by atoms with Gasteiger partial charge in [0.15, 0.2) is 0 Å². The minimum atomic E-state index is 0.191. The summed E-state index contributed by atoms with van der Waals surface area (Å²) in [7, 11) is 0. The van der Waals surface area contributed by atoms with E-state index < -0.39 is 0 Å². The van der Waals surface area contributed by atoms with Gasteiger partial charge < -0.3 is 5.32 Å². The molecule has 2 aromatic rings. The summed E-state index contributed by atoms with van der Waals surface area (Å²) < 4.78 is 0. The summed E-state index contributed by atoms with van der Waals surface area (Å²) in [6.45, 7) is 0.795. The average Bonchev–Trinajstić information content (AvgIpc) is 3.37. The van der Waals surface area contributed by atoms with Gasteiger partial charge >= 0.3 is 0 Å². The van der Waals surface area contributed by atoms with E-state index in [0.717, 1.165) is 32.2 Å². The molecule has 0 bridgehead atoms. The van der Waals surface area contributed by atoms with E-state index in [1.807, 2.05) is 24.3 Å². The number of rotatable bonds is 7. The number of unbranched alkanes of at least 4 members (excludes halogenated alkanes) is 1. The zero-order valence-corrected chi connectivity index (χ0v) is 12.9. The fourth-order valence-electron chi connectivity index (χ4n) is 2.99. The Morgan fingerprint density at radius 2 is 1.64 bits per heavy atom. The Labute approximate surface area is 132 Å². The number of hydrogen-bond donors (Lipinski definition) is 1. The van der Waals surface area contributed by atoms with Crippen LogP contribution in [-0.2, 0) is 11.2 Å². The molecule has 3 rings (SSSR count). The molecule has 0 aromatic heterocycles. The fourth-order valence-corrected chi connectivity index (χ4v) is 2.99. The van der Waals surface area contributed by atoms with Crippen molar-refractivity contribution in [2.75, 3.05) is 6.54 Å². The lowest BCUT2D eigenvalue weighted by atomic mass is 10.1. The number of carbonyl (C=O) groups excluding carboxylic acids is 1. The molecule has 114 valence electrons. The van der Waals surface area contributed by atoms with Crippen LogP contribution < -0.4 is 5.32 Å². The van der Waals surface area contributed by atoms with Crippen molar-refractivity contribution < 1.29 is 4.79 Å². The molecule has 1 aliphatic carbocycles. The van der Waals surface area contributed by atoms with E-state index in [2.05, 4.69) is 41.7 Å². The molecule has 0 heterocycles. The topological polar surface area (TPSA) is 29.1 Å². The van der Waals surface area contributed by atoms with Crippen LogP contribution in [-0.4, -0.2) is 12.5 Å². The van der Waals surface area contributed by atoms with Gasteiger partial charge in [-0.2, -0.15) is 0 Å². The van der Waals surface area contributed by atoms with Gasteiger partial charge in [0.25, 0.3) is 0 Å². The van der Waals surface area contributed by atoms with Crippen molar-refractivity contribution in [3.8, 4) is 0 Å². The van der Waals surface area contributed by atoms with Crippen molar-refractivity contribution >= 4 is 5.91 Å². The predicted octanol–water partition coefficient (Wildman–Crippen LogP) is 3.93. The Hall–Kier alpha value is -2.09. The molecular formula is C20H23NO. The number of amides is 1. The minimum Gasteiger partial charge on any atom is -0.356 e. The Balaban J connectivity index is 1.32. The fraction of sp³-hybridized carbons (Fsp3) is 0.350. The molecule has 2 aromatic carbocycles. The Morgan fingerprint density at radius 1 is 0.955 bits per heavy atom. The van der Waals surface area contributed by atoms with Crippen molar-refractivity contribution in [1.29, 1.82) is 0 Å². The molecular weight excluding hydrogens is 270 g/mol. The molecule has 1 N–H and O–H groups in total. The summed E-state index contributed by atoms with van der Waals surface area (Å²) in [5.74, 6) is 0.857. The molecule has 1 saturated carbocycles. The van der Waals surface area contributed by atoms with Gasteiger partial charge in [0.1, 0.15) is 0 Å². The highest BCUT2D eigenvalue weighted by atomic mass is 16.2. The monoisotopic (exact) mass is 293 g/mol. The Bertz CT molecular complexity index is 594. The van der Waals surface area contributed by atoms with Crippen molar-refractivity contribution in [1.82, 2.24) is 5.32 Å². The first kappa shape index (κ1) is 14.8. The van der Waals surface area contributed by atoms with Crippen molar-refractivity contribution in [2.24, 2.45) is 5.92 Å². The van der Waals surface area contributed by atoms with Gasteiger partial charge in [-0.3, -0.25) is 4.79 Å². The molecule has 0 spiro atoms. The lowest BCUT2D eigenvalue weighted by Gasteiger charge is -2.05. The third-order valence-electron chi connectivity index (χ3n) is 4.39. The van der Waals surface area contributed by atoms with Gasteiger partial charge in [-0.1, -0.05) is 60.7 Å². The lowest BCUT2D eigenvalue weighted by molar-refractivity contribution is -0.122. The van der Waals surface area contributed by atoms with Crippen LogP contribution in [0.4, 0.5) is 0 Å². The average molecular weight is 293 g/mol. The third kappa shape index (κ3) is 3.97. The van der Waals surface area contributed by atoms with E-state index in [1.165, 1.54) is 11.1 Å². The molecule has 0 radical (unpaired) electrons. The van der Waals surface area contributed by atoms with Gasteiger partial charge in [0.2, 0.25) is 5.91 Å². The second-order valence-electron chi connectivity index (χ2n) is 6.09. The van der Waals surface area contributed by atoms with Crippen LogP contribution in [0.25, 0.3) is 0 Å². The molecule has 2 heteroatoms. The molecule has 2 atom stereocenters. The number of carbonyl (C=O) groups is 1. The van der Waals surface area contributed by atoms with E-state index in [-0.39, 0.29) is 11.8 Å². The van der Waals surface area contributed by atoms with Crippen LogP contribution in [0.3, 0.4) is 0 Å². The molecule has 1 aliphatic rings. The predicted molar refractivity (Wildman–Crippen MR) is 89.7 cm³/mol.